The zero-order chi connectivity index (χ0) is 10.7. The second kappa shape index (κ2) is 4.55. The molecule has 0 amide bonds. The molecule has 0 radical (unpaired) electrons. The molecule has 1 aromatic heterocycles. The lowest BCUT2D eigenvalue weighted by atomic mass is 10.0. The highest BCUT2D eigenvalue weighted by molar-refractivity contribution is 5.34. The molecule has 1 N–H and O–H groups in total. The number of aromatic nitrogens is 2. The Kier molecular flexibility index (Phi) is 3.13. The van der Waals surface area contributed by atoms with E-state index in [1.165, 1.54) is 0 Å². The number of anilines is 1. The number of hydrogen-bond donors (Lipinski definition) is 1. The van der Waals surface area contributed by atoms with E-state index in [1.54, 1.807) is 13.3 Å². The molecular weight excluding hydrogens is 194 g/mol. The minimum Gasteiger partial charge on any atom is -0.396 e. The highest BCUT2D eigenvalue weighted by Gasteiger charge is 2.27. The largest absolute Gasteiger partial charge is 0.396 e. The molecule has 5 heteroatoms. The number of methoxy groups -OCH3 is 1. The van der Waals surface area contributed by atoms with Crippen molar-refractivity contribution in [3.05, 3.63) is 18.0 Å². The first kappa shape index (κ1) is 10.3. The van der Waals surface area contributed by atoms with Crippen LogP contribution >= 0.6 is 0 Å². The monoisotopic (exact) mass is 209 g/mol. The topological polar surface area (TPSA) is 58.5 Å². The first-order valence-corrected chi connectivity index (χ1v) is 5.00. The van der Waals surface area contributed by atoms with Gasteiger partial charge < -0.3 is 14.7 Å². The molecule has 0 aromatic carbocycles. The molecule has 0 unspecified atom stereocenters. The molecule has 1 saturated heterocycles. The zero-order valence-corrected chi connectivity index (χ0v) is 8.76. The summed E-state index contributed by atoms with van der Waals surface area (Å²) < 4.78 is 5.01. The van der Waals surface area contributed by atoms with Crippen molar-refractivity contribution in [3.8, 4) is 0 Å². The van der Waals surface area contributed by atoms with Crippen molar-refractivity contribution >= 4 is 5.95 Å². The van der Waals surface area contributed by atoms with Gasteiger partial charge in [0.15, 0.2) is 0 Å². The Morgan fingerprint density at radius 2 is 2.40 bits per heavy atom. The highest BCUT2D eigenvalue weighted by Crippen LogP contribution is 2.20. The fourth-order valence-corrected chi connectivity index (χ4v) is 1.61. The summed E-state index contributed by atoms with van der Waals surface area (Å²) >= 11 is 0. The lowest BCUT2D eigenvalue weighted by molar-refractivity contribution is 0.180. The van der Waals surface area contributed by atoms with E-state index in [-0.39, 0.29) is 6.61 Å². The van der Waals surface area contributed by atoms with E-state index >= 15 is 0 Å². The molecule has 0 bridgehead atoms. The average Bonchev–Trinajstić information content (AvgIpc) is 2.17. The van der Waals surface area contributed by atoms with Gasteiger partial charge >= 0.3 is 0 Å². The van der Waals surface area contributed by atoms with Crippen molar-refractivity contribution in [2.45, 2.75) is 6.61 Å². The first-order valence-electron chi connectivity index (χ1n) is 5.00. The van der Waals surface area contributed by atoms with Gasteiger partial charge in [0.2, 0.25) is 5.95 Å². The molecule has 0 atom stereocenters. The maximum Gasteiger partial charge on any atom is 0.225 e. The van der Waals surface area contributed by atoms with Gasteiger partial charge in [0.25, 0.3) is 0 Å². The molecule has 1 aliphatic heterocycles. The van der Waals surface area contributed by atoms with Crippen LogP contribution in [0.5, 0.6) is 0 Å². The third-order valence-corrected chi connectivity index (χ3v) is 2.49. The molecule has 2 heterocycles. The van der Waals surface area contributed by atoms with Gasteiger partial charge in [0.1, 0.15) is 0 Å². The molecule has 2 rings (SSSR count). The number of aliphatic hydroxyl groups excluding tert-OH is 1. The molecule has 0 saturated carbocycles. The fraction of sp³-hybridized carbons (Fsp3) is 0.600. The maximum atomic E-state index is 8.90. The molecule has 1 aromatic rings. The molecular formula is C10H15N3O2. The van der Waals surface area contributed by atoms with Gasteiger partial charge in [-0.2, -0.15) is 0 Å². The summed E-state index contributed by atoms with van der Waals surface area (Å²) in [6.45, 7) is 2.43. The molecule has 82 valence electrons. The predicted octanol–water partition coefficient (Wildman–Crippen LogP) is 0.0515. The van der Waals surface area contributed by atoms with Crippen LogP contribution in [0.1, 0.15) is 5.69 Å². The molecule has 1 fully saturated rings. The van der Waals surface area contributed by atoms with E-state index in [9.17, 15) is 0 Å². The number of aliphatic hydroxyl groups is 1. The normalized spacial score (nSPS) is 16.5. The fourth-order valence-electron chi connectivity index (χ4n) is 1.61. The lowest BCUT2D eigenvalue weighted by Crippen LogP contribution is -2.49. The van der Waals surface area contributed by atoms with E-state index < -0.39 is 0 Å². The second-order valence-corrected chi connectivity index (χ2v) is 3.73. The summed E-state index contributed by atoms with van der Waals surface area (Å²) in [4.78, 5) is 10.6. The van der Waals surface area contributed by atoms with Gasteiger partial charge in [0, 0.05) is 38.9 Å². The Hall–Kier alpha value is -1.20. The Morgan fingerprint density at radius 3 is 3.07 bits per heavy atom. The van der Waals surface area contributed by atoms with Crippen LogP contribution in [0.25, 0.3) is 0 Å². The quantitative estimate of drug-likeness (QED) is 0.759. The summed E-state index contributed by atoms with van der Waals surface area (Å²) in [5.74, 6) is 1.11. The van der Waals surface area contributed by atoms with Crippen molar-refractivity contribution in [2.24, 2.45) is 5.92 Å². The van der Waals surface area contributed by atoms with Crippen LogP contribution in [-0.4, -0.2) is 41.9 Å². The van der Waals surface area contributed by atoms with E-state index in [2.05, 4.69) is 14.9 Å². The van der Waals surface area contributed by atoms with Crippen LogP contribution in [0.15, 0.2) is 12.3 Å². The summed E-state index contributed by atoms with van der Waals surface area (Å²) in [5.41, 5.74) is 0.884. The van der Waals surface area contributed by atoms with Crippen molar-refractivity contribution in [1.82, 2.24) is 9.97 Å². The summed E-state index contributed by atoms with van der Waals surface area (Å²) in [6.07, 6.45) is 1.74. The average molecular weight is 209 g/mol. The van der Waals surface area contributed by atoms with E-state index in [0.29, 0.717) is 12.5 Å². The summed E-state index contributed by atoms with van der Waals surface area (Å²) in [7, 11) is 1.65. The van der Waals surface area contributed by atoms with Gasteiger partial charge in [-0.05, 0) is 6.07 Å². The Bertz CT molecular complexity index is 326. The minimum absolute atomic E-state index is 0.244. The molecule has 15 heavy (non-hydrogen) atoms. The summed E-state index contributed by atoms with van der Waals surface area (Å²) in [5, 5.41) is 8.90. The van der Waals surface area contributed by atoms with Crippen molar-refractivity contribution in [1.29, 1.82) is 0 Å². The highest BCUT2D eigenvalue weighted by atomic mass is 16.5. The van der Waals surface area contributed by atoms with Crippen molar-refractivity contribution in [3.63, 3.8) is 0 Å². The van der Waals surface area contributed by atoms with Crippen LogP contribution in [0.3, 0.4) is 0 Å². The Morgan fingerprint density at radius 1 is 1.60 bits per heavy atom. The number of hydrogen-bond acceptors (Lipinski definition) is 5. The lowest BCUT2D eigenvalue weighted by Gasteiger charge is -2.38. The molecule has 1 aliphatic rings. The third kappa shape index (κ3) is 2.24. The molecule has 0 aliphatic carbocycles. The van der Waals surface area contributed by atoms with Crippen LogP contribution in [0.4, 0.5) is 5.95 Å². The minimum atomic E-state index is 0.244. The second-order valence-electron chi connectivity index (χ2n) is 3.73. The number of rotatable bonds is 4. The van der Waals surface area contributed by atoms with Gasteiger partial charge in [-0.3, -0.25) is 0 Å². The van der Waals surface area contributed by atoms with Crippen LogP contribution in [-0.2, 0) is 11.3 Å². The Labute approximate surface area is 88.7 Å². The van der Waals surface area contributed by atoms with Gasteiger partial charge in [-0.15, -0.1) is 0 Å². The zero-order valence-electron chi connectivity index (χ0n) is 8.76. The maximum absolute atomic E-state index is 8.90. The predicted molar refractivity (Wildman–Crippen MR) is 55.5 cm³/mol. The van der Waals surface area contributed by atoms with Crippen LogP contribution in [0, 0.1) is 5.92 Å². The van der Waals surface area contributed by atoms with Crippen molar-refractivity contribution in [2.75, 3.05) is 31.7 Å². The number of ether oxygens (including phenoxy) is 1. The molecule has 5 nitrogen and oxygen atoms in total. The third-order valence-electron chi connectivity index (χ3n) is 2.49. The van der Waals surface area contributed by atoms with Crippen LogP contribution in [0.2, 0.25) is 0 Å². The van der Waals surface area contributed by atoms with Gasteiger partial charge in [-0.25, -0.2) is 9.97 Å². The number of nitrogens with zero attached hydrogens (tertiary/aromatic N) is 3. The van der Waals surface area contributed by atoms with E-state index in [1.807, 2.05) is 6.07 Å². The standard InChI is InChI=1S/C10H15N3O2/c1-15-7-9-2-3-11-10(12-9)13-4-8(5-13)6-14/h2-3,8,14H,4-7H2,1H3. The SMILES string of the molecule is COCc1ccnc(N2CC(CO)C2)n1. The smallest absolute Gasteiger partial charge is 0.225 e. The van der Waals surface area contributed by atoms with Crippen LogP contribution < -0.4 is 4.90 Å². The van der Waals surface area contributed by atoms with Gasteiger partial charge in [0.05, 0.1) is 12.3 Å². The van der Waals surface area contributed by atoms with E-state index in [4.69, 9.17) is 9.84 Å². The summed E-state index contributed by atoms with van der Waals surface area (Å²) in [6, 6.07) is 1.84. The van der Waals surface area contributed by atoms with Crippen molar-refractivity contribution < 1.29 is 9.84 Å². The molecule has 0 spiro atoms. The Balaban J connectivity index is 2.00. The first-order chi connectivity index (χ1) is 7.33. The van der Waals surface area contributed by atoms with Gasteiger partial charge in [-0.1, -0.05) is 0 Å². The van der Waals surface area contributed by atoms with E-state index in [0.717, 1.165) is 24.7 Å².